The van der Waals surface area contributed by atoms with Crippen LogP contribution in [0.2, 0.25) is 0 Å². The van der Waals surface area contributed by atoms with Crippen LogP contribution in [-0.4, -0.2) is 27.5 Å². The largest absolute Gasteiger partial charge is 0.497 e. The molecule has 7 heteroatoms. The van der Waals surface area contributed by atoms with Crippen LogP contribution in [0.5, 0.6) is 5.75 Å². The maximum atomic E-state index is 13.3. The number of carbonyl (C=O) groups excluding carboxylic acids is 1. The van der Waals surface area contributed by atoms with Gasteiger partial charge in [0.2, 0.25) is 0 Å². The summed E-state index contributed by atoms with van der Waals surface area (Å²) in [6.45, 7) is 4.20. The molecule has 0 unspecified atom stereocenters. The van der Waals surface area contributed by atoms with Crippen molar-refractivity contribution < 1.29 is 17.9 Å². The monoisotopic (exact) mass is 450 g/mol. The van der Waals surface area contributed by atoms with Crippen LogP contribution in [0.4, 0.5) is 5.69 Å². The maximum absolute atomic E-state index is 13.3. The number of carbonyl (C=O) groups is 1. The lowest BCUT2D eigenvalue weighted by Gasteiger charge is -2.24. The summed E-state index contributed by atoms with van der Waals surface area (Å²) in [6, 6.07) is 19.3. The van der Waals surface area contributed by atoms with E-state index in [1.807, 2.05) is 38.1 Å². The molecular weight excluding hydrogens is 424 g/mol. The number of fused-ring (bicyclic) bond motifs is 1. The number of nitrogens with zero attached hydrogens (tertiary/aromatic N) is 1. The van der Waals surface area contributed by atoms with Gasteiger partial charge in [-0.15, -0.1) is 0 Å². The van der Waals surface area contributed by atoms with Crippen LogP contribution in [0, 0.1) is 6.92 Å². The molecule has 6 nitrogen and oxygen atoms in total. The predicted octanol–water partition coefficient (Wildman–Crippen LogP) is 4.07. The molecule has 4 rings (SSSR count). The molecule has 3 aromatic carbocycles. The first-order valence-electron chi connectivity index (χ1n) is 10.4. The SMILES string of the molecule is COc1ccc(CNC(=O)c2ccc3c(c2)C[C@H](C)N3S(=O)(=O)c2ccc(C)cc2)cc1. The third-order valence-corrected chi connectivity index (χ3v) is 7.63. The number of benzene rings is 3. The predicted molar refractivity (Wildman–Crippen MR) is 125 cm³/mol. The highest BCUT2D eigenvalue weighted by Gasteiger charge is 2.36. The number of anilines is 1. The standard InChI is InChI=1S/C25H26N2O4S/c1-17-4-11-23(12-5-17)32(29,30)27-18(2)14-21-15-20(8-13-24(21)27)25(28)26-16-19-6-9-22(31-3)10-7-19/h4-13,15,18H,14,16H2,1-3H3,(H,26,28)/t18-/m0/s1. The van der Waals surface area contributed by atoms with Crippen LogP contribution in [0.15, 0.2) is 71.6 Å². The van der Waals surface area contributed by atoms with Crippen LogP contribution in [-0.2, 0) is 23.0 Å². The minimum Gasteiger partial charge on any atom is -0.497 e. The molecule has 0 aromatic heterocycles. The fourth-order valence-corrected chi connectivity index (χ4v) is 5.65. The highest BCUT2D eigenvalue weighted by atomic mass is 32.2. The zero-order valence-electron chi connectivity index (χ0n) is 18.3. The molecule has 0 spiro atoms. The lowest BCUT2D eigenvalue weighted by atomic mass is 10.1. The number of amides is 1. The molecule has 1 atom stereocenters. The van der Waals surface area contributed by atoms with Gasteiger partial charge in [0.1, 0.15) is 5.75 Å². The molecule has 1 heterocycles. The van der Waals surface area contributed by atoms with Crippen LogP contribution in [0.25, 0.3) is 0 Å². The number of aryl methyl sites for hydroxylation is 1. The van der Waals surface area contributed by atoms with Crippen LogP contribution in [0.3, 0.4) is 0 Å². The number of methoxy groups -OCH3 is 1. The van der Waals surface area contributed by atoms with Crippen molar-refractivity contribution >= 4 is 21.6 Å². The summed E-state index contributed by atoms with van der Waals surface area (Å²) < 4.78 is 33.2. The van der Waals surface area contributed by atoms with E-state index in [0.29, 0.717) is 24.2 Å². The van der Waals surface area contributed by atoms with Crippen molar-refractivity contribution in [3.63, 3.8) is 0 Å². The first-order valence-corrected chi connectivity index (χ1v) is 11.9. The Hall–Kier alpha value is -3.32. The van der Waals surface area contributed by atoms with Crippen molar-refractivity contribution in [3.8, 4) is 5.75 Å². The van der Waals surface area contributed by atoms with Gasteiger partial charge in [0, 0.05) is 18.2 Å². The highest BCUT2D eigenvalue weighted by Crippen LogP contribution is 2.37. The Labute approximate surface area is 188 Å². The summed E-state index contributed by atoms with van der Waals surface area (Å²) in [4.78, 5) is 13.0. The van der Waals surface area contributed by atoms with Crippen molar-refractivity contribution in [1.29, 1.82) is 0 Å². The van der Waals surface area contributed by atoms with Crippen molar-refractivity contribution in [1.82, 2.24) is 5.32 Å². The van der Waals surface area contributed by atoms with E-state index in [2.05, 4.69) is 5.32 Å². The van der Waals surface area contributed by atoms with E-state index < -0.39 is 10.0 Å². The zero-order valence-corrected chi connectivity index (χ0v) is 19.1. The molecule has 166 valence electrons. The van der Waals surface area contributed by atoms with Gasteiger partial charge in [-0.3, -0.25) is 9.10 Å². The molecule has 0 fully saturated rings. The molecule has 1 aliphatic heterocycles. The Morgan fingerprint density at radius 1 is 1.06 bits per heavy atom. The first kappa shape index (κ1) is 21.9. The number of hydrogen-bond acceptors (Lipinski definition) is 4. The van der Waals surface area contributed by atoms with E-state index in [4.69, 9.17) is 4.74 Å². The summed E-state index contributed by atoms with van der Waals surface area (Å²) in [6.07, 6.45) is 0.556. The van der Waals surface area contributed by atoms with E-state index in [1.165, 1.54) is 4.31 Å². The smallest absolute Gasteiger partial charge is 0.264 e. The van der Waals surface area contributed by atoms with Gasteiger partial charge in [0.25, 0.3) is 15.9 Å². The molecule has 0 saturated heterocycles. The maximum Gasteiger partial charge on any atom is 0.264 e. The molecule has 1 amide bonds. The normalized spacial score (nSPS) is 15.3. The average Bonchev–Trinajstić information content (AvgIpc) is 3.13. The topological polar surface area (TPSA) is 75.7 Å². The summed E-state index contributed by atoms with van der Waals surface area (Å²) in [7, 11) is -2.07. The Morgan fingerprint density at radius 3 is 2.41 bits per heavy atom. The first-order chi connectivity index (χ1) is 15.3. The Balaban J connectivity index is 1.52. The van der Waals surface area contributed by atoms with E-state index in [1.54, 1.807) is 49.6 Å². The van der Waals surface area contributed by atoms with Gasteiger partial charge in [-0.05, 0) is 73.9 Å². The van der Waals surface area contributed by atoms with E-state index >= 15 is 0 Å². The van der Waals surface area contributed by atoms with Gasteiger partial charge < -0.3 is 10.1 Å². The third kappa shape index (κ3) is 4.21. The van der Waals surface area contributed by atoms with Crippen molar-refractivity contribution in [2.24, 2.45) is 0 Å². The van der Waals surface area contributed by atoms with E-state index in [0.717, 1.165) is 22.4 Å². The average molecular weight is 451 g/mol. The molecular formula is C25H26N2O4S. The summed E-state index contributed by atoms with van der Waals surface area (Å²) >= 11 is 0. The second-order valence-corrected chi connectivity index (χ2v) is 9.86. The molecule has 3 aromatic rings. The Kier molecular flexibility index (Phi) is 5.93. The quantitative estimate of drug-likeness (QED) is 0.614. The third-order valence-electron chi connectivity index (χ3n) is 5.68. The molecule has 0 bridgehead atoms. The van der Waals surface area contributed by atoms with Gasteiger partial charge in [0.15, 0.2) is 0 Å². The fourth-order valence-electron chi connectivity index (χ4n) is 3.96. The minimum atomic E-state index is -3.68. The Morgan fingerprint density at radius 2 is 1.75 bits per heavy atom. The van der Waals surface area contributed by atoms with Crippen molar-refractivity contribution in [2.45, 2.75) is 37.8 Å². The van der Waals surface area contributed by atoms with Crippen LogP contribution in [0.1, 0.15) is 34.0 Å². The minimum absolute atomic E-state index is 0.198. The highest BCUT2D eigenvalue weighted by molar-refractivity contribution is 7.92. The van der Waals surface area contributed by atoms with E-state index in [9.17, 15) is 13.2 Å². The van der Waals surface area contributed by atoms with Crippen molar-refractivity contribution in [3.05, 3.63) is 89.0 Å². The van der Waals surface area contributed by atoms with Gasteiger partial charge in [-0.1, -0.05) is 29.8 Å². The molecule has 0 aliphatic carbocycles. The molecule has 0 saturated carbocycles. The van der Waals surface area contributed by atoms with Gasteiger partial charge in [-0.25, -0.2) is 8.42 Å². The van der Waals surface area contributed by atoms with E-state index in [-0.39, 0.29) is 16.8 Å². The lowest BCUT2D eigenvalue weighted by Crippen LogP contribution is -2.35. The zero-order chi connectivity index (χ0) is 22.9. The molecule has 32 heavy (non-hydrogen) atoms. The molecule has 1 N–H and O–H groups in total. The summed E-state index contributed by atoms with van der Waals surface area (Å²) in [5, 5.41) is 2.92. The number of ether oxygens (including phenoxy) is 1. The lowest BCUT2D eigenvalue weighted by molar-refractivity contribution is 0.0951. The van der Waals surface area contributed by atoms with Crippen molar-refractivity contribution in [2.75, 3.05) is 11.4 Å². The molecule has 0 radical (unpaired) electrons. The molecule has 1 aliphatic rings. The summed E-state index contributed by atoms with van der Waals surface area (Å²) in [5.41, 5.74) is 3.96. The second kappa shape index (κ2) is 8.67. The number of sulfonamides is 1. The van der Waals surface area contributed by atoms with Crippen LogP contribution < -0.4 is 14.4 Å². The second-order valence-electron chi connectivity index (χ2n) is 8.04. The fraction of sp³-hybridized carbons (Fsp3) is 0.240. The summed E-state index contributed by atoms with van der Waals surface area (Å²) in [5.74, 6) is 0.564. The van der Waals surface area contributed by atoms with Crippen LogP contribution >= 0.6 is 0 Å². The van der Waals surface area contributed by atoms with Gasteiger partial charge in [0.05, 0.1) is 17.7 Å². The Bertz CT molecular complexity index is 1240. The van der Waals surface area contributed by atoms with Gasteiger partial charge >= 0.3 is 0 Å². The number of nitrogens with one attached hydrogen (secondary N) is 1. The number of hydrogen-bond donors (Lipinski definition) is 1. The van der Waals surface area contributed by atoms with Gasteiger partial charge in [-0.2, -0.15) is 0 Å². The number of rotatable bonds is 6.